The normalized spacial score (nSPS) is 13.2. The largest absolute Gasteiger partial charge is 0.416 e. The molecular formula is C15H15ClF3NS. The second-order valence-corrected chi connectivity index (χ2v) is 6.32. The van der Waals surface area contributed by atoms with E-state index in [9.17, 15) is 13.2 Å². The van der Waals surface area contributed by atoms with Gasteiger partial charge in [0.2, 0.25) is 0 Å². The van der Waals surface area contributed by atoms with Crippen LogP contribution in [0.4, 0.5) is 18.9 Å². The van der Waals surface area contributed by atoms with E-state index in [0.29, 0.717) is 5.69 Å². The number of thiophene rings is 1. The molecule has 0 aliphatic rings. The van der Waals surface area contributed by atoms with E-state index in [0.717, 1.165) is 23.4 Å². The maximum atomic E-state index is 12.6. The van der Waals surface area contributed by atoms with Crippen molar-refractivity contribution in [2.24, 2.45) is 0 Å². The fourth-order valence-corrected chi connectivity index (χ4v) is 3.12. The lowest BCUT2D eigenvalue weighted by Crippen LogP contribution is -2.08. The summed E-state index contributed by atoms with van der Waals surface area (Å²) in [4.78, 5) is 2.40. The van der Waals surface area contributed by atoms with Crippen molar-refractivity contribution in [1.29, 1.82) is 0 Å². The van der Waals surface area contributed by atoms with Gasteiger partial charge in [0.1, 0.15) is 0 Å². The smallest absolute Gasteiger partial charge is 0.377 e. The van der Waals surface area contributed by atoms with Crippen molar-refractivity contribution < 1.29 is 13.2 Å². The van der Waals surface area contributed by atoms with Gasteiger partial charge >= 0.3 is 6.18 Å². The summed E-state index contributed by atoms with van der Waals surface area (Å²) in [5.41, 5.74) is -0.237. The summed E-state index contributed by atoms with van der Waals surface area (Å²) in [5.74, 6) is 0. The van der Waals surface area contributed by atoms with Crippen LogP contribution < -0.4 is 5.32 Å². The monoisotopic (exact) mass is 333 g/mol. The molecule has 2 rings (SSSR count). The number of aryl methyl sites for hydroxylation is 1. The van der Waals surface area contributed by atoms with Crippen LogP contribution in [0.1, 0.15) is 35.2 Å². The summed E-state index contributed by atoms with van der Waals surface area (Å²) in [6.07, 6.45) is -3.41. The summed E-state index contributed by atoms with van der Waals surface area (Å²) >= 11 is 7.63. The van der Waals surface area contributed by atoms with Crippen molar-refractivity contribution in [3.05, 3.63) is 50.7 Å². The van der Waals surface area contributed by atoms with Crippen LogP contribution in [-0.2, 0) is 12.6 Å². The van der Waals surface area contributed by atoms with E-state index in [1.54, 1.807) is 11.3 Å². The third-order valence-electron chi connectivity index (χ3n) is 3.13. The first-order chi connectivity index (χ1) is 9.81. The maximum Gasteiger partial charge on any atom is 0.416 e. The van der Waals surface area contributed by atoms with E-state index in [1.165, 1.54) is 10.9 Å². The highest BCUT2D eigenvalue weighted by atomic mass is 35.5. The first-order valence-corrected chi connectivity index (χ1v) is 7.72. The first-order valence-electron chi connectivity index (χ1n) is 6.53. The summed E-state index contributed by atoms with van der Waals surface area (Å²) in [6.45, 7) is 4.04. The molecule has 1 heterocycles. The number of hydrogen-bond acceptors (Lipinski definition) is 2. The summed E-state index contributed by atoms with van der Waals surface area (Å²) in [6, 6.07) is 7.43. The van der Waals surface area contributed by atoms with E-state index in [2.05, 4.69) is 18.3 Å². The Morgan fingerprint density at radius 2 is 1.95 bits per heavy atom. The van der Waals surface area contributed by atoms with Gasteiger partial charge in [0, 0.05) is 9.75 Å². The SMILES string of the molecule is CCc1ccc(C(C)Nc2ccc(C(F)(F)F)cc2Cl)s1. The van der Waals surface area contributed by atoms with E-state index in [4.69, 9.17) is 11.6 Å². The van der Waals surface area contributed by atoms with Crippen molar-refractivity contribution in [3.63, 3.8) is 0 Å². The molecule has 0 bridgehead atoms. The molecule has 0 aliphatic carbocycles. The third kappa shape index (κ3) is 3.92. The predicted molar refractivity (Wildman–Crippen MR) is 82.2 cm³/mol. The van der Waals surface area contributed by atoms with E-state index < -0.39 is 11.7 Å². The fourth-order valence-electron chi connectivity index (χ4n) is 1.93. The van der Waals surface area contributed by atoms with Crippen LogP contribution in [0.2, 0.25) is 5.02 Å². The van der Waals surface area contributed by atoms with Gasteiger partial charge < -0.3 is 5.32 Å². The van der Waals surface area contributed by atoms with E-state index in [1.807, 2.05) is 13.0 Å². The molecule has 1 atom stereocenters. The summed E-state index contributed by atoms with van der Waals surface area (Å²) < 4.78 is 37.8. The van der Waals surface area contributed by atoms with Crippen molar-refractivity contribution in [2.75, 3.05) is 5.32 Å². The zero-order valence-corrected chi connectivity index (χ0v) is 13.2. The van der Waals surface area contributed by atoms with Gasteiger partial charge in [-0.25, -0.2) is 0 Å². The molecule has 21 heavy (non-hydrogen) atoms. The van der Waals surface area contributed by atoms with Gasteiger partial charge in [0.05, 0.1) is 22.3 Å². The molecule has 2 aromatic rings. The minimum absolute atomic E-state index is 0.00969. The highest BCUT2D eigenvalue weighted by Gasteiger charge is 2.30. The second-order valence-electron chi connectivity index (χ2n) is 4.72. The number of hydrogen-bond donors (Lipinski definition) is 1. The Balaban J connectivity index is 2.16. The molecule has 0 saturated carbocycles. The standard InChI is InChI=1S/C15H15ClF3NS/c1-3-11-5-7-14(21-11)9(2)20-13-6-4-10(8-12(13)16)15(17,18)19/h4-9,20H,3H2,1-2H3. The Morgan fingerprint density at radius 1 is 1.24 bits per heavy atom. The molecule has 1 N–H and O–H groups in total. The lowest BCUT2D eigenvalue weighted by atomic mass is 10.2. The predicted octanol–water partition coefficient (Wildman–Crippen LogP) is 6.16. The molecule has 0 amide bonds. The molecule has 0 aliphatic heterocycles. The van der Waals surface area contributed by atoms with Crippen LogP contribution in [0.15, 0.2) is 30.3 Å². The van der Waals surface area contributed by atoms with Crippen LogP contribution in [-0.4, -0.2) is 0 Å². The highest BCUT2D eigenvalue weighted by Crippen LogP contribution is 2.35. The lowest BCUT2D eigenvalue weighted by molar-refractivity contribution is -0.137. The Hall–Kier alpha value is -1.20. The number of halogens is 4. The molecule has 6 heteroatoms. The molecule has 0 fully saturated rings. The van der Waals surface area contributed by atoms with E-state index >= 15 is 0 Å². The maximum absolute atomic E-state index is 12.6. The minimum Gasteiger partial charge on any atom is -0.377 e. The topological polar surface area (TPSA) is 12.0 Å². The molecule has 0 radical (unpaired) electrons. The zero-order chi connectivity index (χ0) is 15.6. The molecule has 1 aromatic heterocycles. The highest BCUT2D eigenvalue weighted by molar-refractivity contribution is 7.12. The first kappa shape index (κ1) is 16.2. The van der Waals surface area contributed by atoms with E-state index in [-0.39, 0.29) is 11.1 Å². The molecular weight excluding hydrogens is 319 g/mol. The average molecular weight is 334 g/mol. The van der Waals surface area contributed by atoms with Gasteiger partial charge in [-0.15, -0.1) is 11.3 Å². The Labute approximate surface area is 130 Å². The van der Waals surface area contributed by atoms with Crippen molar-refractivity contribution in [3.8, 4) is 0 Å². The molecule has 0 saturated heterocycles. The Kier molecular flexibility index (Phi) is 4.84. The van der Waals surface area contributed by atoms with Gasteiger partial charge in [0.25, 0.3) is 0 Å². The lowest BCUT2D eigenvalue weighted by Gasteiger charge is -2.16. The average Bonchev–Trinajstić information content (AvgIpc) is 2.88. The summed E-state index contributed by atoms with van der Waals surface area (Å²) in [7, 11) is 0. The van der Waals surface area contributed by atoms with Crippen LogP contribution in [0, 0.1) is 0 Å². The molecule has 1 nitrogen and oxygen atoms in total. The fraction of sp³-hybridized carbons (Fsp3) is 0.333. The zero-order valence-electron chi connectivity index (χ0n) is 11.6. The Bertz CT molecular complexity index is 622. The summed E-state index contributed by atoms with van der Waals surface area (Å²) in [5, 5.41) is 3.23. The molecule has 114 valence electrons. The second kappa shape index (κ2) is 6.28. The third-order valence-corrected chi connectivity index (χ3v) is 4.85. The molecule has 0 spiro atoms. The number of benzene rings is 1. The number of nitrogens with one attached hydrogen (secondary N) is 1. The molecule has 1 unspecified atom stereocenters. The van der Waals surface area contributed by atoms with Gasteiger partial charge in [-0.2, -0.15) is 13.2 Å². The minimum atomic E-state index is -4.38. The van der Waals surface area contributed by atoms with Crippen molar-refractivity contribution in [2.45, 2.75) is 32.5 Å². The van der Waals surface area contributed by atoms with Gasteiger partial charge in [-0.1, -0.05) is 18.5 Å². The van der Waals surface area contributed by atoms with Crippen LogP contribution in [0.3, 0.4) is 0 Å². The van der Waals surface area contributed by atoms with Gasteiger partial charge in [0.15, 0.2) is 0 Å². The van der Waals surface area contributed by atoms with Crippen molar-refractivity contribution >= 4 is 28.6 Å². The number of alkyl halides is 3. The Morgan fingerprint density at radius 3 is 2.48 bits per heavy atom. The molecule has 1 aromatic carbocycles. The van der Waals surface area contributed by atoms with Crippen LogP contribution in [0.25, 0.3) is 0 Å². The quantitative estimate of drug-likeness (QED) is 0.707. The van der Waals surface area contributed by atoms with Gasteiger partial charge in [-0.3, -0.25) is 0 Å². The number of rotatable bonds is 4. The number of anilines is 1. The van der Waals surface area contributed by atoms with Crippen molar-refractivity contribution in [1.82, 2.24) is 0 Å². The van der Waals surface area contributed by atoms with Crippen LogP contribution >= 0.6 is 22.9 Å². The van der Waals surface area contributed by atoms with Gasteiger partial charge in [-0.05, 0) is 43.7 Å². The van der Waals surface area contributed by atoms with Crippen LogP contribution in [0.5, 0.6) is 0 Å².